The largest absolute Gasteiger partial charge is 0.406 e. The summed E-state index contributed by atoms with van der Waals surface area (Å²) < 4.78 is 47.0. The topological polar surface area (TPSA) is 92.2 Å². The lowest BCUT2D eigenvalue weighted by atomic mass is 9.95. The number of hydrogen-bond donors (Lipinski definition) is 2. The Morgan fingerprint density at radius 3 is 2.57 bits per heavy atom. The van der Waals surface area contributed by atoms with Crippen LogP contribution in [0.25, 0.3) is 22.0 Å². The van der Waals surface area contributed by atoms with Crippen molar-refractivity contribution in [2.24, 2.45) is 0 Å². The summed E-state index contributed by atoms with van der Waals surface area (Å²) in [7, 11) is 0. The standard InChI is InChI=1S/C31H34F3N5O3/c1-4-5-21-14-19(2)37-30(41)26(21)17-36-29(40)24-15-25(22-6-7-27(35-16-22)38-10-12-42-13-11-38)23-8-9-39(18-31(32,33)34)28(23)20(24)3/h6-9,14-16H,4-5,10-13,17-18H2,1-3H3,(H,36,40)(H,37,41). The van der Waals surface area contributed by atoms with Crippen molar-refractivity contribution in [2.45, 2.75) is 52.9 Å². The molecule has 1 amide bonds. The van der Waals surface area contributed by atoms with Crippen molar-refractivity contribution in [3.05, 3.63) is 81.0 Å². The summed E-state index contributed by atoms with van der Waals surface area (Å²) in [5.74, 6) is 0.306. The smallest absolute Gasteiger partial charge is 0.378 e. The van der Waals surface area contributed by atoms with E-state index in [9.17, 15) is 22.8 Å². The molecule has 3 aromatic heterocycles. The fraction of sp³-hybridized carbons (Fsp3) is 0.387. The van der Waals surface area contributed by atoms with Gasteiger partial charge in [0.25, 0.3) is 11.5 Å². The Balaban J connectivity index is 1.54. The zero-order valence-electron chi connectivity index (χ0n) is 23.9. The molecule has 0 atom stereocenters. The Bertz CT molecular complexity index is 1650. The van der Waals surface area contributed by atoms with Gasteiger partial charge in [-0.1, -0.05) is 13.3 Å². The summed E-state index contributed by atoms with van der Waals surface area (Å²) >= 11 is 0. The number of amides is 1. The number of ether oxygens (including phenoxy) is 1. The molecule has 8 nitrogen and oxygen atoms in total. The number of aromatic amines is 1. The van der Waals surface area contributed by atoms with Crippen LogP contribution in [0, 0.1) is 13.8 Å². The molecule has 11 heteroatoms. The van der Waals surface area contributed by atoms with E-state index in [0.29, 0.717) is 52.8 Å². The Kier molecular flexibility index (Phi) is 8.40. The summed E-state index contributed by atoms with van der Waals surface area (Å²) in [6.45, 7) is 6.94. The average Bonchev–Trinajstić information content (AvgIpc) is 3.36. The van der Waals surface area contributed by atoms with Gasteiger partial charge in [0.2, 0.25) is 0 Å². The molecule has 42 heavy (non-hydrogen) atoms. The number of carbonyl (C=O) groups is 1. The van der Waals surface area contributed by atoms with Gasteiger partial charge in [-0.3, -0.25) is 9.59 Å². The summed E-state index contributed by atoms with van der Waals surface area (Å²) in [6, 6.07) is 8.98. The van der Waals surface area contributed by atoms with Gasteiger partial charge >= 0.3 is 6.18 Å². The van der Waals surface area contributed by atoms with Crippen LogP contribution in [0.5, 0.6) is 0 Å². The third kappa shape index (κ3) is 6.20. The summed E-state index contributed by atoms with van der Waals surface area (Å²) in [5.41, 5.74) is 4.06. The number of nitrogens with zero attached hydrogens (tertiary/aromatic N) is 3. The first kappa shape index (κ1) is 29.4. The van der Waals surface area contributed by atoms with E-state index < -0.39 is 18.6 Å². The maximum Gasteiger partial charge on any atom is 0.406 e. The van der Waals surface area contributed by atoms with Gasteiger partial charge < -0.3 is 24.5 Å². The number of benzene rings is 1. The summed E-state index contributed by atoms with van der Waals surface area (Å²) in [5, 5.41) is 3.44. The Morgan fingerprint density at radius 2 is 1.90 bits per heavy atom. The normalized spacial score (nSPS) is 14.0. The number of hydrogen-bond acceptors (Lipinski definition) is 5. The number of H-pyrrole nitrogens is 1. The molecule has 1 fully saturated rings. The third-order valence-electron chi connectivity index (χ3n) is 7.60. The van der Waals surface area contributed by atoms with Crippen molar-refractivity contribution in [3.8, 4) is 11.1 Å². The van der Waals surface area contributed by atoms with Crippen molar-refractivity contribution >= 4 is 22.6 Å². The zero-order valence-corrected chi connectivity index (χ0v) is 23.9. The molecular formula is C31H34F3N5O3. The van der Waals surface area contributed by atoms with Gasteiger partial charge in [0.15, 0.2) is 0 Å². The quantitative estimate of drug-likeness (QED) is 0.295. The first-order valence-electron chi connectivity index (χ1n) is 14.0. The van der Waals surface area contributed by atoms with Crippen molar-refractivity contribution in [3.63, 3.8) is 0 Å². The Morgan fingerprint density at radius 1 is 1.14 bits per heavy atom. The molecule has 4 heterocycles. The first-order valence-corrected chi connectivity index (χ1v) is 14.0. The minimum absolute atomic E-state index is 0.00401. The number of carbonyl (C=O) groups excluding carboxylic acids is 1. The zero-order chi connectivity index (χ0) is 30.0. The van der Waals surface area contributed by atoms with Crippen LogP contribution in [0.2, 0.25) is 0 Å². The predicted molar refractivity (Wildman–Crippen MR) is 156 cm³/mol. The van der Waals surface area contributed by atoms with Crippen LogP contribution >= 0.6 is 0 Å². The molecule has 0 saturated carbocycles. The molecule has 1 aromatic carbocycles. The second kappa shape index (κ2) is 12.0. The molecule has 1 aliphatic heterocycles. The maximum atomic E-state index is 13.6. The highest BCUT2D eigenvalue weighted by molar-refractivity contribution is 6.06. The van der Waals surface area contributed by atoms with Crippen LogP contribution in [0.15, 0.2) is 47.5 Å². The summed E-state index contributed by atoms with van der Waals surface area (Å²) in [4.78, 5) is 35.8. The Hall–Kier alpha value is -4.12. The second-order valence-electron chi connectivity index (χ2n) is 10.6. The second-order valence-corrected chi connectivity index (χ2v) is 10.6. The van der Waals surface area contributed by atoms with Gasteiger partial charge in [0, 0.05) is 59.8 Å². The fourth-order valence-electron chi connectivity index (χ4n) is 5.62. The molecule has 222 valence electrons. The molecule has 2 N–H and O–H groups in total. The van der Waals surface area contributed by atoms with Gasteiger partial charge in [-0.05, 0) is 67.3 Å². The van der Waals surface area contributed by atoms with E-state index in [0.717, 1.165) is 41.2 Å². The van der Waals surface area contributed by atoms with E-state index in [-0.39, 0.29) is 17.7 Å². The van der Waals surface area contributed by atoms with Crippen LogP contribution in [0.1, 0.15) is 46.1 Å². The van der Waals surface area contributed by atoms with E-state index in [4.69, 9.17) is 4.74 Å². The number of alkyl halides is 3. The lowest BCUT2D eigenvalue weighted by Gasteiger charge is -2.27. The molecule has 1 aliphatic rings. The van der Waals surface area contributed by atoms with Crippen molar-refractivity contribution in [1.82, 2.24) is 19.9 Å². The van der Waals surface area contributed by atoms with Crippen LogP contribution in [0.3, 0.4) is 0 Å². The number of fused-ring (bicyclic) bond motifs is 1. The third-order valence-corrected chi connectivity index (χ3v) is 7.60. The lowest BCUT2D eigenvalue weighted by molar-refractivity contribution is -0.139. The number of aryl methyl sites for hydroxylation is 3. The highest BCUT2D eigenvalue weighted by Crippen LogP contribution is 2.35. The van der Waals surface area contributed by atoms with Crippen molar-refractivity contribution < 1.29 is 22.7 Å². The van der Waals surface area contributed by atoms with E-state index >= 15 is 0 Å². The van der Waals surface area contributed by atoms with E-state index in [1.807, 2.05) is 25.1 Å². The molecule has 0 unspecified atom stereocenters. The average molecular weight is 582 g/mol. The number of aromatic nitrogens is 3. The molecule has 0 aliphatic carbocycles. The van der Waals surface area contributed by atoms with Crippen LogP contribution < -0.4 is 15.8 Å². The number of nitrogens with one attached hydrogen (secondary N) is 2. The SMILES string of the molecule is CCCc1cc(C)[nH]c(=O)c1CNC(=O)c1cc(-c2ccc(N3CCOCC3)nc2)c2ccn(CC(F)(F)F)c2c1C. The highest BCUT2D eigenvalue weighted by atomic mass is 19.4. The molecular weight excluding hydrogens is 547 g/mol. The number of morpholine rings is 1. The van der Waals surface area contributed by atoms with Gasteiger partial charge in [-0.2, -0.15) is 13.2 Å². The molecule has 5 rings (SSSR count). The predicted octanol–water partition coefficient (Wildman–Crippen LogP) is 5.29. The Labute approximate surface area is 241 Å². The summed E-state index contributed by atoms with van der Waals surface area (Å²) in [6.07, 6.45) is 0.149. The van der Waals surface area contributed by atoms with Crippen molar-refractivity contribution in [2.75, 3.05) is 31.2 Å². The number of rotatable bonds is 8. The lowest BCUT2D eigenvalue weighted by Crippen LogP contribution is -2.36. The van der Waals surface area contributed by atoms with Gasteiger partial charge in [0.05, 0.1) is 18.7 Å². The van der Waals surface area contributed by atoms with E-state index in [1.54, 1.807) is 32.2 Å². The highest BCUT2D eigenvalue weighted by Gasteiger charge is 2.30. The molecule has 1 saturated heterocycles. The van der Waals surface area contributed by atoms with Crippen LogP contribution in [-0.2, 0) is 24.2 Å². The van der Waals surface area contributed by atoms with Crippen LogP contribution in [-0.4, -0.2) is 52.9 Å². The van der Waals surface area contributed by atoms with E-state index in [2.05, 4.69) is 20.2 Å². The van der Waals surface area contributed by atoms with E-state index in [1.165, 1.54) is 6.20 Å². The monoisotopic (exact) mass is 581 g/mol. The first-order chi connectivity index (χ1) is 20.1. The number of anilines is 1. The minimum Gasteiger partial charge on any atom is -0.378 e. The molecule has 0 bridgehead atoms. The van der Waals surface area contributed by atoms with Crippen molar-refractivity contribution in [1.29, 1.82) is 0 Å². The van der Waals surface area contributed by atoms with Gasteiger partial charge in [-0.25, -0.2) is 4.98 Å². The molecule has 0 radical (unpaired) electrons. The molecule has 0 spiro atoms. The maximum absolute atomic E-state index is 13.6. The van der Waals surface area contributed by atoms with Gasteiger partial charge in [0.1, 0.15) is 12.4 Å². The fourth-order valence-corrected chi connectivity index (χ4v) is 5.62. The number of halogens is 3. The number of pyridine rings is 2. The van der Waals surface area contributed by atoms with Gasteiger partial charge in [-0.15, -0.1) is 0 Å². The molecule has 4 aromatic rings. The minimum atomic E-state index is -4.44. The van der Waals surface area contributed by atoms with Crippen LogP contribution in [0.4, 0.5) is 19.0 Å².